The summed E-state index contributed by atoms with van der Waals surface area (Å²) in [7, 11) is 0. The monoisotopic (exact) mass is 284 g/mol. The van der Waals surface area contributed by atoms with Crippen LogP contribution in [0.2, 0.25) is 0 Å². The van der Waals surface area contributed by atoms with Crippen LogP contribution in [0.25, 0.3) is 0 Å². The Morgan fingerprint density at radius 2 is 2.11 bits per heavy atom. The van der Waals surface area contributed by atoms with Gasteiger partial charge in [0.05, 0.1) is 11.7 Å². The first-order chi connectivity index (χ1) is 9.15. The van der Waals surface area contributed by atoms with E-state index in [-0.39, 0.29) is 12.1 Å². The first-order valence-corrected chi connectivity index (χ1v) is 7.59. The van der Waals surface area contributed by atoms with Crippen molar-refractivity contribution in [2.24, 2.45) is 5.92 Å². The number of hydrogen-bond donors (Lipinski definition) is 3. The van der Waals surface area contributed by atoms with Crippen molar-refractivity contribution in [3.05, 3.63) is 0 Å². The molecule has 19 heavy (non-hydrogen) atoms. The lowest BCUT2D eigenvalue weighted by molar-refractivity contribution is -0.143. The van der Waals surface area contributed by atoms with E-state index in [1.165, 1.54) is 0 Å². The third-order valence-electron chi connectivity index (χ3n) is 3.12. The summed E-state index contributed by atoms with van der Waals surface area (Å²) in [5, 5.41) is 14.6. The van der Waals surface area contributed by atoms with Gasteiger partial charge in [-0.25, -0.2) is 4.79 Å². The quantitative estimate of drug-likeness (QED) is 0.507. The van der Waals surface area contributed by atoms with E-state index in [1.54, 1.807) is 11.8 Å². The van der Waals surface area contributed by atoms with Crippen LogP contribution < -0.4 is 10.6 Å². The van der Waals surface area contributed by atoms with Gasteiger partial charge in [0.1, 0.15) is 0 Å². The van der Waals surface area contributed by atoms with Crippen LogP contribution in [0, 0.1) is 18.3 Å². The highest BCUT2D eigenvalue weighted by atomic mass is 32.2. The van der Waals surface area contributed by atoms with Gasteiger partial charge < -0.3 is 15.7 Å². The van der Waals surface area contributed by atoms with Gasteiger partial charge in [0.2, 0.25) is 0 Å². The molecule has 5 nitrogen and oxygen atoms in total. The zero-order chi connectivity index (χ0) is 14.1. The topological polar surface area (TPSA) is 78.4 Å². The van der Waals surface area contributed by atoms with Gasteiger partial charge in [0, 0.05) is 18.3 Å². The van der Waals surface area contributed by atoms with Crippen molar-refractivity contribution < 1.29 is 14.7 Å². The minimum absolute atomic E-state index is 0.260. The third kappa shape index (κ3) is 5.88. The molecule has 0 aromatic carbocycles. The van der Waals surface area contributed by atoms with E-state index in [1.807, 2.05) is 0 Å². The second-order valence-electron chi connectivity index (χ2n) is 4.49. The highest BCUT2D eigenvalue weighted by molar-refractivity contribution is 7.99. The summed E-state index contributed by atoms with van der Waals surface area (Å²) >= 11 is 1.57. The molecule has 0 aromatic heterocycles. The summed E-state index contributed by atoms with van der Waals surface area (Å²) in [6.07, 6.45) is 8.36. The smallest absolute Gasteiger partial charge is 0.315 e. The van der Waals surface area contributed by atoms with Crippen molar-refractivity contribution >= 4 is 23.8 Å². The lowest BCUT2D eigenvalue weighted by Crippen LogP contribution is -2.49. The normalized spacial score (nSPS) is 22.3. The van der Waals surface area contributed by atoms with Crippen molar-refractivity contribution in [1.29, 1.82) is 0 Å². The number of carboxylic acid groups (broad SMARTS) is 1. The molecule has 3 N–H and O–H groups in total. The van der Waals surface area contributed by atoms with Crippen LogP contribution in [0.1, 0.15) is 25.7 Å². The highest BCUT2D eigenvalue weighted by Crippen LogP contribution is 2.24. The van der Waals surface area contributed by atoms with Gasteiger partial charge in [-0.3, -0.25) is 4.79 Å². The predicted octanol–water partition coefficient (Wildman–Crippen LogP) is 1.30. The Kier molecular flexibility index (Phi) is 7.19. The number of urea groups is 1. The maximum absolute atomic E-state index is 11.6. The van der Waals surface area contributed by atoms with Crippen LogP contribution in [0.4, 0.5) is 4.79 Å². The largest absolute Gasteiger partial charge is 0.481 e. The zero-order valence-electron chi connectivity index (χ0n) is 10.9. The van der Waals surface area contributed by atoms with Gasteiger partial charge >= 0.3 is 12.0 Å². The van der Waals surface area contributed by atoms with Crippen molar-refractivity contribution in [3.8, 4) is 12.3 Å². The summed E-state index contributed by atoms with van der Waals surface area (Å²) in [4.78, 5) is 22.7. The Morgan fingerprint density at radius 1 is 1.37 bits per heavy atom. The molecule has 0 spiro atoms. The van der Waals surface area contributed by atoms with Crippen molar-refractivity contribution in [1.82, 2.24) is 10.6 Å². The van der Waals surface area contributed by atoms with E-state index in [0.717, 1.165) is 25.0 Å². The number of terminal acetylenes is 1. The average Bonchev–Trinajstić information content (AvgIpc) is 2.39. The third-order valence-corrected chi connectivity index (χ3v) is 3.98. The SMILES string of the molecule is C#CCSCCNC(=O)NC1CCCCC1C(=O)O. The maximum atomic E-state index is 11.6. The Bertz CT molecular complexity index is 354. The summed E-state index contributed by atoms with van der Waals surface area (Å²) < 4.78 is 0. The van der Waals surface area contributed by atoms with Crippen molar-refractivity contribution in [2.75, 3.05) is 18.1 Å². The second kappa shape index (κ2) is 8.70. The molecule has 0 heterocycles. The van der Waals surface area contributed by atoms with Gasteiger partial charge in [-0.1, -0.05) is 18.8 Å². The number of hydrogen-bond acceptors (Lipinski definition) is 3. The molecule has 0 aliphatic heterocycles. The number of nitrogens with one attached hydrogen (secondary N) is 2. The van der Waals surface area contributed by atoms with Crippen LogP contribution >= 0.6 is 11.8 Å². The fraction of sp³-hybridized carbons (Fsp3) is 0.692. The number of carboxylic acids is 1. The molecule has 0 radical (unpaired) electrons. The molecule has 2 atom stereocenters. The number of thioether (sulfide) groups is 1. The van der Waals surface area contributed by atoms with Gasteiger partial charge in [-0.05, 0) is 12.8 Å². The number of amides is 2. The number of rotatable bonds is 6. The summed E-state index contributed by atoms with van der Waals surface area (Å²) in [5.41, 5.74) is 0. The van der Waals surface area contributed by atoms with E-state index >= 15 is 0 Å². The molecule has 1 fully saturated rings. The summed E-state index contributed by atoms with van der Waals surface area (Å²) in [6.45, 7) is 0.530. The molecule has 0 aromatic rings. The van der Waals surface area contributed by atoms with Crippen molar-refractivity contribution in [3.63, 3.8) is 0 Å². The lowest BCUT2D eigenvalue weighted by Gasteiger charge is -2.29. The highest BCUT2D eigenvalue weighted by Gasteiger charge is 2.31. The first kappa shape index (κ1) is 15.7. The lowest BCUT2D eigenvalue weighted by atomic mass is 9.84. The predicted molar refractivity (Wildman–Crippen MR) is 76.1 cm³/mol. The van der Waals surface area contributed by atoms with E-state index < -0.39 is 11.9 Å². The fourth-order valence-electron chi connectivity index (χ4n) is 2.19. The average molecular weight is 284 g/mol. The molecule has 1 aliphatic rings. The molecule has 0 bridgehead atoms. The summed E-state index contributed by atoms with van der Waals surface area (Å²) in [5.74, 6) is 2.61. The minimum atomic E-state index is -0.824. The molecule has 2 amide bonds. The molecule has 1 saturated carbocycles. The molecule has 1 aliphatic carbocycles. The second-order valence-corrected chi connectivity index (χ2v) is 5.60. The Hall–Kier alpha value is -1.35. The molecule has 0 saturated heterocycles. The Morgan fingerprint density at radius 3 is 2.79 bits per heavy atom. The maximum Gasteiger partial charge on any atom is 0.315 e. The molecular formula is C13H20N2O3S. The molecule has 2 unspecified atom stereocenters. The molecule has 1 rings (SSSR count). The molecular weight excluding hydrogens is 264 g/mol. The Labute approximate surface area is 117 Å². The van der Waals surface area contributed by atoms with Crippen LogP contribution in [-0.4, -0.2) is 41.2 Å². The van der Waals surface area contributed by atoms with Crippen LogP contribution in [0.5, 0.6) is 0 Å². The fourth-order valence-corrected chi connectivity index (χ4v) is 2.70. The Balaban J connectivity index is 2.26. The standard InChI is InChI=1S/C13H20N2O3S/c1-2-8-19-9-7-14-13(18)15-11-6-4-3-5-10(11)12(16)17/h1,10-11H,3-9H2,(H,16,17)(H2,14,15,18). The van der Waals surface area contributed by atoms with Gasteiger partial charge in [0.15, 0.2) is 0 Å². The minimum Gasteiger partial charge on any atom is -0.481 e. The van der Waals surface area contributed by atoms with Crippen LogP contribution in [0.3, 0.4) is 0 Å². The van der Waals surface area contributed by atoms with Gasteiger partial charge in [-0.2, -0.15) is 0 Å². The molecule has 6 heteroatoms. The van der Waals surface area contributed by atoms with E-state index in [0.29, 0.717) is 18.7 Å². The number of carbonyl (C=O) groups is 2. The van der Waals surface area contributed by atoms with Crippen LogP contribution in [0.15, 0.2) is 0 Å². The number of carbonyl (C=O) groups excluding carboxylic acids is 1. The number of aliphatic carboxylic acids is 1. The van der Waals surface area contributed by atoms with E-state index in [2.05, 4.69) is 16.6 Å². The zero-order valence-corrected chi connectivity index (χ0v) is 11.7. The van der Waals surface area contributed by atoms with Crippen LogP contribution in [-0.2, 0) is 4.79 Å². The summed E-state index contributed by atoms with van der Waals surface area (Å²) in [6, 6.07) is -0.552. The molecule has 106 valence electrons. The van der Waals surface area contributed by atoms with Crippen molar-refractivity contribution in [2.45, 2.75) is 31.7 Å². The van der Waals surface area contributed by atoms with E-state index in [9.17, 15) is 9.59 Å². The van der Waals surface area contributed by atoms with Gasteiger partial charge in [0.25, 0.3) is 0 Å². The first-order valence-electron chi connectivity index (χ1n) is 6.43. The van der Waals surface area contributed by atoms with Gasteiger partial charge in [-0.15, -0.1) is 18.2 Å². The van der Waals surface area contributed by atoms with E-state index in [4.69, 9.17) is 11.5 Å².